The monoisotopic (exact) mass is 225 g/mol. The average molecular weight is 225 g/mol. The fourth-order valence-corrected chi connectivity index (χ4v) is 1.79. The van der Waals surface area contributed by atoms with Gasteiger partial charge in [-0.05, 0) is 37.5 Å². The highest BCUT2D eigenvalue weighted by Crippen LogP contribution is 2.18. The van der Waals surface area contributed by atoms with E-state index in [1.165, 1.54) is 6.07 Å². The van der Waals surface area contributed by atoms with Crippen molar-refractivity contribution in [2.24, 2.45) is 0 Å². The summed E-state index contributed by atoms with van der Waals surface area (Å²) in [4.78, 5) is 0. The number of nitrogens with one attached hydrogen (secondary N) is 1. The van der Waals surface area contributed by atoms with Crippen LogP contribution < -0.4 is 5.32 Å². The molecular weight excluding hydrogens is 205 g/mol. The molecule has 16 heavy (non-hydrogen) atoms. The molecule has 0 amide bonds. The van der Waals surface area contributed by atoms with E-state index in [-0.39, 0.29) is 24.5 Å². The van der Waals surface area contributed by atoms with Crippen molar-refractivity contribution in [3.63, 3.8) is 0 Å². The Morgan fingerprint density at radius 3 is 2.75 bits per heavy atom. The molecule has 2 unspecified atom stereocenters. The summed E-state index contributed by atoms with van der Waals surface area (Å²) >= 11 is 0. The smallest absolute Gasteiger partial charge is 0.123 e. The predicted molar refractivity (Wildman–Crippen MR) is 63.7 cm³/mol. The number of halogens is 1. The van der Waals surface area contributed by atoms with Crippen molar-refractivity contribution in [1.29, 1.82) is 0 Å². The number of aliphatic hydroxyl groups excluding tert-OH is 1. The van der Waals surface area contributed by atoms with Gasteiger partial charge >= 0.3 is 0 Å². The van der Waals surface area contributed by atoms with E-state index in [9.17, 15) is 4.39 Å². The van der Waals surface area contributed by atoms with Crippen LogP contribution in [0.4, 0.5) is 4.39 Å². The van der Waals surface area contributed by atoms with Gasteiger partial charge in [-0.15, -0.1) is 0 Å². The lowest BCUT2D eigenvalue weighted by molar-refractivity contribution is 0.262. The number of hydrogen-bond donors (Lipinski definition) is 2. The summed E-state index contributed by atoms with van der Waals surface area (Å²) < 4.78 is 13.1. The zero-order valence-corrected chi connectivity index (χ0v) is 9.91. The van der Waals surface area contributed by atoms with Gasteiger partial charge in [0.2, 0.25) is 0 Å². The molecule has 0 radical (unpaired) electrons. The van der Waals surface area contributed by atoms with Crippen molar-refractivity contribution in [1.82, 2.24) is 5.32 Å². The molecule has 2 nitrogen and oxygen atoms in total. The van der Waals surface area contributed by atoms with Crippen molar-refractivity contribution in [2.75, 3.05) is 6.61 Å². The Morgan fingerprint density at radius 1 is 1.44 bits per heavy atom. The standard InChI is InChI=1S/C13H20FNO/c1-3-13(15-10(2)7-8-16)11-5-4-6-12(14)9-11/h4-6,9-10,13,15-16H,3,7-8H2,1-2H3. The fourth-order valence-electron chi connectivity index (χ4n) is 1.79. The Balaban J connectivity index is 2.67. The summed E-state index contributed by atoms with van der Waals surface area (Å²) in [7, 11) is 0. The van der Waals surface area contributed by atoms with Crippen LogP contribution >= 0.6 is 0 Å². The van der Waals surface area contributed by atoms with E-state index in [1.807, 2.05) is 13.0 Å². The summed E-state index contributed by atoms with van der Waals surface area (Å²) in [6, 6.07) is 7.05. The third-order valence-corrected chi connectivity index (χ3v) is 2.71. The summed E-state index contributed by atoms with van der Waals surface area (Å²) in [5.74, 6) is -0.201. The number of benzene rings is 1. The normalized spacial score (nSPS) is 14.8. The van der Waals surface area contributed by atoms with Crippen LogP contribution in [0, 0.1) is 5.82 Å². The van der Waals surface area contributed by atoms with E-state index < -0.39 is 0 Å². The number of rotatable bonds is 6. The minimum absolute atomic E-state index is 0.150. The molecule has 0 aromatic heterocycles. The maximum absolute atomic E-state index is 13.1. The quantitative estimate of drug-likeness (QED) is 0.780. The molecule has 0 saturated heterocycles. The molecule has 90 valence electrons. The van der Waals surface area contributed by atoms with Crippen molar-refractivity contribution < 1.29 is 9.50 Å². The molecule has 1 aromatic rings. The van der Waals surface area contributed by atoms with Crippen LogP contribution in [0.3, 0.4) is 0 Å². The van der Waals surface area contributed by atoms with Gasteiger partial charge in [0, 0.05) is 18.7 Å². The van der Waals surface area contributed by atoms with Gasteiger partial charge in [-0.25, -0.2) is 4.39 Å². The van der Waals surface area contributed by atoms with Gasteiger partial charge in [-0.1, -0.05) is 19.1 Å². The summed E-state index contributed by atoms with van der Waals surface area (Å²) in [5.41, 5.74) is 0.965. The number of aliphatic hydroxyl groups is 1. The van der Waals surface area contributed by atoms with Crippen LogP contribution in [-0.4, -0.2) is 17.8 Å². The van der Waals surface area contributed by atoms with Crippen molar-refractivity contribution in [3.05, 3.63) is 35.6 Å². The lowest BCUT2D eigenvalue weighted by Crippen LogP contribution is -2.31. The first-order valence-electron chi connectivity index (χ1n) is 5.79. The van der Waals surface area contributed by atoms with Crippen LogP contribution in [0.1, 0.15) is 38.3 Å². The van der Waals surface area contributed by atoms with Crippen LogP contribution in [-0.2, 0) is 0 Å². The highest BCUT2D eigenvalue weighted by molar-refractivity contribution is 5.20. The van der Waals surface area contributed by atoms with Crippen LogP contribution in [0.2, 0.25) is 0 Å². The third kappa shape index (κ3) is 3.91. The molecule has 0 spiro atoms. The SMILES string of the molecule is CCC(NC(C)CCO)c1cccc(F)c1. The highest BCUT2D eigenvalue weighted by atomic mass is 19.1. The van der Waals surface area contributed by atoms with Gasteiger partial charge in [0.25, 0.3) is 0 Å². The molecule has 3 heteroatoms. The minimum atomic E-state index is -0.201. The van der Waals surface area contributed by atoms with E-state index in [4.69, 9.17) is 5.11 Å². The Kier molecular flexibility index (Phi) is 5.43. The summed E-state index contributed by atoms with van der Waals surface area (Å²) in [6.45, 7) is 4.26. The molecule has 2 atom stereocenters. The van der Waals surface area contributed by atoms with Gasteiger partial charge in [0.15, 0.2) is 0 Å². The van der Waals surface area contributed by atoms with Crippen LogP contribution in [0.25, 0.3) is 0 Å². The van der Waals surface area contributed by atoms with Gasteiger partial charge < -0.3 is 10.4 Å². The van der Waals surface area contributed by atoms with E-state index in [1.54, 1.807) is 12.1 Å². The Morgan fingerprint density at radius 2 is 2.19 bits per heavy atom. The molecule has 0 saturated carbocycles. The first-order chi connectivity index (χ1) is 7.67. The Hall–Kier alpha value is -0.930. The molecule has 0 aliphatic rings. The molecule has 1 rings (SSSR count). The fraction of sp³-hybridized carbons (Fsp3) is 0.538. The second-order valence-corrected chi connectivity index (χ2v) is 4.10. The molecule has 0 aliphatic heterocycles. The topological polar surface area (TPSA) is 32.3 Å². The zero-order chi connectivity index (χ0) is 12.0. The van der Waals surface area contributed by atoms with E-state index >= 15 is 0 Å². The third-order valence-electron chi connectivity index (χ3n) is 2.71. The van der Waals surface area contributed by atoms with E-state index in [0.29, 0.717) is 6.42 Å². The maximum atomic E-state index is 13.1. The van der Waals surface area contributed by atoms with E-state index in [2.05, 4.69) is 12.2 Å². The molecule has 0 aliphatic carbocycles. The predicted octanol–water partition coefficient (Wildman–Crippen LogP) is 2.64. The Bertz CT molecular complexity index is 317. The van der Waals surface area contributed by atoms with Gasteiger partial charge in [-0.3, -0.25) is 0 Å². The van der Waals surface area contributed by atoms with Crippen LogP contribution in [0.15, 0.2) is 24.3 Å². The zero-order valence-electron chi connectivity index (χ0n) is 9.91. The molecular formula is C13H20FNO. The lowest BCUT2D eigenvalue weighted by Gasteiger charge is -2.22. The first-order valence-corrected chi connectivity index (χ1v) is 5.79. The molecule has 2 N–H and O–H groups in total. The average Bonchev–Trinajstić information content (AvgIpc) is 2.26. The van der Waals surface area contributed by atoms with Crippen molar-refractivity contribution in [3.8, 4) is 0 Å². The second kappa shape index (κ2) is 6.61. The van der Waals surface area contributed by atoms with Crippen molar-refractivity contribution >= 4 is 0 Å². The summed E-state index contributed by atoms with van der Waals surface area (Å²) in [5, 5.41) is 12.2. The lowest BCUT2D eigenvalue weighted by atomic mass is 10.0. The first kappa shape index (κ1) is 13.1. The molecule has 1 aromatic carbocycles. The second-order valence-electron chi connectivity index (χ2n) is 4.10. The van der Waals surface area contributed by atoms with Crippen LogP contribution in [0.5, 0.6) is 0 Å². The highest BCUT2D eigenvalue weighted by Gasteiger charge is 2.12. The Labute approximate surface area is 96.5 Å². The molecule has 0 bridgehead atoms. The van der Waals surface area contributed by atoms with Gasteiger partial charge in [0.1, 0.15) is 5.82 Å². The maximum Gasteiger partial charge on any atom is 0.123 e. The van der Waals surface area contributed by atoms with Gasteiger partial charge in [-0.2, -0.15) is 0 Å². The summed E-state index contributed by atoms with van der Waals surface area (Å²) in [6.07, 6.45) is 1.62. The van der Waals surface area contributed by atoms with Gasteiger partial charge in [0.05, 0.1) is 0 Å². The minimum Gasteiger partial charge on any atom is -0.396 e. The molecule has 0 heterocycles. The van der Waals surface area contributed by atoms with Crippen molar-refractivity contribution in [2.45, 2.75) is 38.8 Å². The van der Waals surface area contributed by atoms with E-state index in [0.717, 1.165) is 12.0 Å². The largest absolute Gasteiger partial charge is 0.396 e. The molecule has 0 fully saturated rings. The number of hydrogen-bond acceptors (Lipinski definition) is 2.